The molecule has 0 aromatic rings. The minimum Gasteiger partial charge on any atom is -0.342 e. The molecule has 1 aliphatic carbocycles. The van der Waals surface area contributed by atoms with Gasteiger partial charge in [0.05, 0.1) is 0 Å². The van der Waals surface area contributed by atoms with Crippen LogP contribution in [0.15, 0.2) is 0 Å². The van der Waals surface area contributed by atoms with E-state index in [2.05, 4.69) is 10.2 Å². The van der Waals surface area contributed by atoms with Gasteiger partial charge in [-0.25, -0.2) is 0 Å². The highest BCUT2D eigenvalue weighted by molar-refractivity contribution is 5.76. The van der Waals surface area contributed by atoms with E-state index in [0.29, 0.717) is 11.8 Å². The lowest BCUT2D eigenvalue weighted by atomic mass is 9.75. The highest BCUT2D eigenvalue weighted by Gasteiger charge is 2.33. The predicted molar refractivity (Wildman–Crippen MR) is 72.2 cm³/mol. The van der Waals surface area contributed by atoms with Gasteiger partial charge in [0.15, 0.2) is 0 Å². The fourth-order valence-electron chi connectivity index (χ4n) is 4.09. The van der Waals surface area contributed by atoms with Crippen LogP contribution < -0.4 is 5.32 Å². The van der Waals surface area contributed by atoms with E-state index in [9.17, 15) is 4.79 Å². The Bertz CT molecular complexity index is 299. The summed E-state index contributed by atoms with van der Waals surface area (Å²) in [6.45, 7) is 4.23. The summed E-state index contributed by atoms with van der Waals surface area (Å²) in [5.41, 5.74) is 0. The highest BCUT2D eigenvalue weighted by Crippen LogP contribution is 2.36. The first kappa shape index (κ1) is 12.5. The number of rotatable bonds is 2. The van der Waals surface area contributed by atoms with Gasteiger partial charge in [-0.05, 0) is 50.1 Å². The molecule has 1 N–H and O–H groups in total. The van der Waals surface area contributed by atoms with E-state index < -0.39 is 0 Å². The Morgan fingerprint density at radius 3 is 2.72 bits per heavy atom. The van der Waals surface area contributed by atoms with Crippen LogP contribution >= 0.6 is 0 Å². The summed E-state index contributed by atoms with van der Waals surface area (Å²) in [5, 5.41) is 3.36. The summed E-state index contributed by atoms with van der Waals surface area (Å²) in [6, 6.07) is 0. The first-order valence-corrected chi connectivity index (χ1v) is 7.81. The maximum atomic E-state index is 12.3. The van der Waals surface area contributed by atoms with Gasteiger partial charge < -0.3 is 10.2 Å². The molecule has 0 aromatic heterocycles. The zero-order chi connectivity index (χ0) is 12.4. The number of fused-ring (bicyclic) bond motifs is 1. The van der Waals surface area contributed by atoms with Crippen LogP contribution in [0, 0.1) is 17.8 Å². The summed E-state index contributed by atoms with van der Waals surface area (Å²) < 4.78 is 0. The van der Waals surface area contributed by atoms with Crippen molar-refractivity contribution in [3.63, 3.8) is 0 Å². The predicted octanol–water partition coefficient (Wildman–Crippen LogP) is 2.02. The standard InChI is InChI=1S/C15H26N2O/c18-15(9-12-5-7-16-10-12)17-8-6-13-3-1-2-4-14(13)11-17/h12-14,16H,1-11H2. The maximum absolute atomic E-state index is 12.3. The summed E-state index contributed by atoms with van der Waals surface area (Å²) >= 11 is 0. The average Bonchev–Trinajstić information content (AvgIpc) is 2.91. The first-order valence-electron chi connectivity index (χ1n) is 7.81. The SMILES string of the molecule is O=C(CC1CCNC1)N1CCC2CCCCC2C1. The third-order valence-electron chi connectivity index (χ3n) is 5.27. The zero-order valence-corrected chi connectivity index (χ0v) is 11.4. The van der Waals surface area contributed by atoms with Crippen molar-refractivity contribution in [1.82, 2.24) is 10.2 Å². The van der Waals surface area contributed by atoms with Crippen molar-refractivity contribution >= 4 is 5.91 Å². The van der Waals surface area contributed by atoms with Crippen molar-refractivity contribution in [3.05, 3.63) is 0 Å². The molecule has 3 aliphatic rings. The Kier molecular flexibility index (Phi) is 3.88. The molecule has 0 radical (unpaired) electrons. The second-order valence-corrected chi connectivity index (χ2v) is 6.50. The van der Waals surface area contributed by atoms with E-state index in [1.54, 1.807) is 0 Å². The van der Waals surface area contributed by atoms with Gasteiger partial charge >= 0.3 is 0 Å². The van der Waals surface area contributed by atoms with E-state index in [4.69, 9.17) is 0 Å². The van der Waals surface area contributed by atoms with E-state index >= 15 is 0 Å². The molecular formula is C15H26N2O. The molecule has 18 heavy (non-hydrogen) atoms. The quantitative estimate of drug-likeness (QED) is 0.813. The minimum absolute atomic E-state index is 0.424. The van der Waals surface area contributed by atoms with Crippen LogP contribution in [-0.4, -0.2) is 37.0 Å². The molecular weight excluding hydrogens is 224 g/mol. The summed E-state index contributed by atoms with van der Waals surface area (Å²) in [7, 11) is 0. The van der Waals surface area contributed by atoms with Crippen molar-refractivity contribution in [1.29, 1.82) is 0 Å². The Morgan fingerprint density at radius 1 is 1.11 bits per heavy atom. The smallest absolute Gasteiger partial charge is 0.222 e. The number of piperidine rings is 1. The molecule has 3 heteroatoms. The average molecular weight is 250 g/mol. The van der Waals surface area contributed by atoms with Crippen LogP contribution in [0.4, 0.5) is 0 Å². The monoisotopic (exact) mass is 250 g/mol. The number of amides is 1. The van der Waals surface area contributed by atoms with Crippen LogP contribution in [0.2, 0.25) is 0 Å². The van der Waals surface area contributed by atoms with Crippen LogP contribution in [0.3, 0.4) is 0 Å². The third kappa shape index (κ3) is 2.71. The molecule has 3 fully saturated rings. The van der Waals surface area contributed by atoms with Crippen LogP contribution in [0.1, 0.15) is 44.9 Å². The summed E-state index contributed by atoms with van der Waals surface area (Å²) in [4.78, 5) is 14.5. The van der Waals surface area contributed by atoms with Gasteiger partial charge in [-0.3, -0.25) is 4.79 Å². The van der Waals surface area contributed by atoms with Crippen molar-refractivity contribution in [2.75, 3.05) is 26.2 Å². The number of likely N-dealkylation sites (tertiary alicyclic amines) is 1. The number of nitrogens with zero attached hydrogens (tertiary/aromatic N) is 1. The Labute approximate surface area is 110 Å². The third-order valence-corrected chi connectivity index (χ3v) is 5.27. The molecule has 0 aromatic carbocycles. The normalized spacial score (nSPS) is 36.4. The van der Waals surface area contributed by atoms with Crippen LogP contribution in [-0.2, 0) is 4.79 Å². The van der Waals surface area contributed by atoms with Crippen LogP contribution in [0.25, 0.3) is 0 Å². The Hall–Kier alpha value is -0.570. The fourth-order valence-corrected chi connectivity index (χ4v) is 4.09. The fraction of sp³-hybridized carbons (Fsp3) is 0.933. The Morgan fingerprint density at radius 2 is 1.94 bits per heavy atom. The molecule has 3 unspecified atom stereocenters. The number of hydrogen-bond acceptors (Lipinski definition) is 2. The molecule has 3 nitrogen and oxygen atoms in total. The van der Waals surface area contributed by atoms with Crippen molar-refractivity contribution in [2.45, 2.75) is 44.9 Å². The summed E-state index contributed by atoms with van der Waals surface area (Å²) in [5.74, 6) is 2.77. The van der Waals surface area contributed by atoms with Gasteiger partial charge in [0.2, 0.25) is 5.91 Å². The second kappa shape index (κ2) is 5.60. The van der Waals surface area contributed by atoms with Gasteiger partial charge in [0.25, 0.3) is 0 Å². The molecule has 2 saturated heterocycles. The van der Waals surface area contributed by atoms with Gasteiger partial charge in [-0.1, -0.05) is 19.3 Å². The maximum Gasteiger partial charge on any atom is 0.222 e. The number of nitrogens with one attached hydrogen (secondary N) is 1. The molecule has 0 spiro atoms. The number of carbonyl (C=O) groups is 1. The lowest BCUT2D eigenvalue weighted by Crippen LogP contribution is -2.45. The zero-order valence-electron chi connectivity index (χ0n) is 11.4. The van der Waals surface area contributed by atoms with Crippen molar-refractivity contribution in [3.8, 4) is 0 Å². The van der Waals surface area contributed by atoms with Gasteiger partial charge in [-0.15, -0.1) is 0 Å². The second-order valence-electron chi connectivity index (χ2n) is 6.50. The topological polar surface area (TPSA) is 32.3 Å². The highest BCUT2D eigenvalue weighted by atomic mass is 16.2. The Balaban J connectivity index is 1.51. The number of hydrogen-bond donors (Lipinski definition) is 1. The number of carbonyl (C=O) groups excluding carboxylic acids is 1. The molecule has 1 amide bonds. The van der Waals surface area contributed by atoms with E-state index in [1.807, 2.05) is 0 Å². The van der Waals surface area contributed by atoms with Crippen LogP contribution in [0.5, 0.6) is 0 Å². The van der Waals surface area contributed by atoms with E-state index in [-0.39, 0.29) is 0 Å². The van der Waals surface area contributed by atoms with E-state index in [0.717, 1.165) is 44.4 Å². The largest absolute Gasteiger partial charge is 0.342 e. The summed E-state index contributed by atoms with van der Waals surface area (Å²) in [6.07, 6.45) is 8.81. The van der Waals surface area contributed by atoms with Crippen molar-refractivity contribution < 1.29 is 4.79 Å². The molecule has 102 valence electrons. The molecule has 3 atom stereocenters. The van der Waals surface area contributed by atoms with Gasteiger partial charge in [0, 0.05) is 19.5 Å². The van der Waals surface area contributed by atoms with E-state index in [1.165, 1.54) is 38.5 Å². The lowest BCUT2D eigenvalue weighted by molar-refractivity contribution is -0.135. The minimum atomic E-state index is 0.424. The molecule has 2 aliphatic heterocycles. The first-order chi connectivity index (χ1) is 8.83. The molecule has 2 heterocycles. The molecule has 3 rings (SSSR count). The van der Waals surface area contributed by atoms with Gasteiger partial charge in [0.1, 0.15) is 0 Å². The molecule has 1 saturated carbocycles. The molecule has 0 bridgehead atoms. The lowest BCUT2D eigenvalue weighted by Gasteiger charge is -2.41. The van der Waals surface area contributed by atoms with Gasteiger partial charge in [-0.2, -0.15) is 0 Å². The van der Waals surface area contributed by atoms with Crippen molar-refractivity contribution in [2.24, 2.45) is 17.8 Å².